The number of hydrogen-bond acceptors (Lipinski definition) is 10. The summed E-state index contributed by atoms with van der Waals surface area (Å²) in [6.45, 7) is 3.56. The minimum absolute atomic E-state index is 0.0165. The van der Waals surface area contributed by atoms with Gasteiger partial charge in [0.25, 0.3) is 0 Å². The van der Waals surface area contributed by atoms with E-state index < -0.39 is 0 Å². The molecule has 0 saturated carbocycles. The second kappa shape index (κ2) is 34.6. The molecule has 0 radical (unpaired) electrons. The highest BCUT2D eigenvalue weighted by molar-refractivity contribution is 5.70. The van der Waals surface area contributed by atoms with E-state index in [9.17, 15) is 9.59 Å². The molecule has 10 heteroatoms. The topological polar surface area (TPSA) is 114 Å². The fraction of sp³-hybridized carbons (Fsp3) is 0.500. The lowest BCUT2D eigenvalue weighted by molar-refractivity contribution is -0.143. The Kier molecular flexibility index (Phi) is 28.5. The maximum Gasteiger partial charge on any atom is 0.306 e. The molecule has 0 aromatic heterocycles. The zero-order chi connectivity index (χ0) is 40.8. The van der Waals surface area contributed by atoms with Crippen LogP contribution in [-0.4, -0.2) is 89.4 Å². The number of rotatable bonds is 6. The normalized spacial score (nSPS) is 22.8. The molecule has 2 atom stereocenters. The molecular formula is C48H66N2O8. The Bertz CT molecular complexity index is 1400. The van der Waals surface area contributed by atoms with Crippen LogP contribution in [0.5, 0.6) is 0 Å². The number of allylic oxidation sites excluding steroid dienone is 12. The summed E-state index contributed by atoms with van der Waals surface area (Å²) in [6.07, 6.45) is 50.1. The number of nitrogens with zero attached hydrogens (tertiary/aromatic N) is 2. The molecule has 58 heavy (non-hydrogen) atoms. The highest BCUT2D eigenvalue weighted by Gasteiger charge is 2.12. The van der Waals surface area contributed by atoms with Crippen LogP contribution in [0.4, 0.5) is 0 Å². The van der Waals surface area contributed by atoms with Crippen molar-refractivity contribution in [3.05, 3.63) is 121 Å². The van der Waals surface area contributed by atoms with Gasteiger partial charge in [0.2, 0.25) is 0 Å². The number of carbonyl (C=O) groups excluding carboxylic acids is 2. The fourth-order valence-electron chi connectivity index (χ4n) is 5.69. The Morgan fingerprint density at radius 1 is 0.466 bits per heavy atom. The first kappa shape index (κ1) is 47.9. The van der Waals surface area contributed by atoms with Gasteiger partial charge in [-0.05, 0) is 75.4 Å². The Hall–Kier alpha value is -4.48. The van der Waals surface area contributed by atoms with Gasteiger partial charge in [-0.2, -0.15) is 0 Å². The smallest absolute Gasteiger partial charge is 0.306 e. The maximum atomic E-state index is 12.1. The van der Waals surface area contributed by atoms with Crippen molar-refractivity contribution in [2.45, 2.75) is 102 Å². The monoisotopic (exact) mass is 798 g/mol. The number of carbonyl (C=O) groups is 2. The van der Waals surface area contributed by atoms with Crippen molar-refractivity contribution >= 4 is 24.4 Å². The molecule has 0 aliphatic carbocycles. The maximum absolute atomic E-state index is 12.1. The Balaban J connectivity index is 1.43. The lowest BCUT2D eigenvalue weighted by Crippen LogP contribution is -2.20. The van der Waals surface area contributed by atoms with Crippen LogP contribution in [0.15, 0.2) is 131 Å². The van der Waals surface area contributed by atoms with Gasteiger partial charge in [0.1, 0.15) is 13.2 Å². The summed E-state index contributed by atoms with van der Waals surface area (Å²) in [5.74, 6) is -0.411. The van der Waals surface area contributed by atoms with E-state index in [-0.39, 0.29) is 37.4 Å². The first-order valence-corrected chi connectivity index (χ1v) is 21.0. The van der Waals surface area contributed by atoms with Gasteiger partial charge in [-0.25, -0.2) is 0 Å². The largest absolute Gasteiger partial charge is 0.461 e. The van der Waals surface area contributed by atoms with Crippen molar-refractivity contribution in [3.8, 4) is 0 Å². The average molecular weight is 799 g/mol. The zero-order valence-corrected chi connectivity index (χ0v) is 34.4. The number of aliphatic imine (C=N–C) groups is 2. The summed E-state index contributed by atoms with van der Waals surface area (Å²) in [4.78, 5) is 32.6. The standard InChI is InChI=1S/C48H66N2O8/c51-47-23-15-7-1-3-9-17-33-53-41-45(27-25-43-29-31-49-39-43)55-35-19-11-4-2-8-16-24-48(52)58-38-22-14-6-12-20-36-56-46(28-26-44-30-32-50-40-44)42-54-34-18-10-5-13-21-37-57-47/h1-2,7-14,17-22,31-32,39-40,45-46H,3-6,15-16,23-30,33-38,41-42H2. The molecule has 3 aliphatic heterocycles. The summed E-state index contributed by atoms with van der Waals surface area (Å²) < 4.78 is 34.8. The molecule has 0 fully saturated rings. The lowest BCUT2D eigenvalue weighted by Gasteiger charge is -2.17. The summed E-state index contributed by atoms with van der Waals surface area (Å²) in [5, 5.41) is 0. The van der Waals surface area contributed by atoms with Crippen LogP contribution in [0, 0.1) is 0 Å². The van der Waals surface area contributed by atoms with E-state index in [4.69, 9.17) is 28.4 Å². The summed E-state index contributed by atoms with van der Waals surface area (Å²) in [5.41, 5.74) is 2.62. The van der Waals surface area contributed by atoms with Crippen molar-refractivity contribution in [1.29, 1.82) is 0 Å². The highest BCUT2D eigenvalue weighted by Crippen LogP contribution is 2.18. The van der Waals surface area contributed by atoms with Crippen LogP contribution in [0.25, 0.3) is 0 Å². The van der Waals surface area contributed by atoms with E-state index in [2.05, 4.69) is 28.2 Å². The van der Waals surface area contributed by atoms with Crippen LogP contribution >= 0.6 is 0 Å². The molecule has 3 aliphatic rings. The highest BCUT2D eigenvalue weighted by atomic mass is 16.5. The molecule has 0 amide bonds. The van der Waals surface area contributed by atoms with E-state index >= 15 is 0 Å². The molecule has 0 aromatic carbocycles. The van der Waals surface area contributed by atoms with Crippen LogP contribution < -0.4 is 0 Å². The predicted molar refractivity (Wildman–Crippen MR) is 234 cm³/mol. The first-order valence-electron chi connectivity index (χ1n) is 21.0. The molecule has 0 bridgehead atoms. The molecule has 10 nitrogen and oxygen atoms in total. The van der Waals surface area contributed by atoms with Gasteiger partial charge in [0.15, 0.2) is 0 Å². The Morgan fingerprint density at radius 3 is 1.24 bits per heavy atom. The van der Waals surface area contributed by atoms with Crippen molar-refractivity contribution in [2.75, 3.05) is 52.9 Å². The zero-order valence-electron chi connectivity index (χ0n) is 34.4. The molecule has 0 spiro atoms. The van der Waals surface area contributed by atoms with E-state index in [0.29, 0.717) is 65.3 Å². The van der Waals surface area contributed by atoms with E-state index in [1.54, 1.807) is 0 Å². The van der Waals surface area contributed by atoms with Crippen LogP contribution in [0.2, 0.25) is 0 Å². The van der Waals surface area contributed by atoms with Gasteiger partial charge in [-0.1, -0.05) is 97.2 Å². The molecule has 316 valence electrons. The lowest BCUT2D eigenvalue weighted by atomic mass is 10.1. The third kappa shape index (κ3) is 27.2. The van der Waals surface area contributed by atoms with Gasteiger partial charge in [0.05, 0.1) is 51.8 Å². The minimum atomic E-state index is -0.206. The van der Waals surface area contributed by atoms with E-state index in [1.165, 1.54) is 11.1 Å². The first-order chi connectivity index (χ1) is 28.7. The molecule has 0 aromatic rings. The van der Waals surface area contributed by atoms with Crippen LogP contribution in [0.3, 0.4) is 0 Å². The second-order valence-electron chi connectivity index (χ2n) is 13.9. The molecule has 3 heterocycles. The fourth-order valence-corrected chi connectivity index (χ4v) is 5.69. The van der Waals surface area contributed by atoms with Crippen LogP contribution in [0.1, 0.15) is 89.9 Å². The number of cyclic esters (lactones) is 2. The molecule has 3 rings (SSSR count). The van der Waals surface area contributed by atoms with Gasteiger partial charge < -0.3 is 28.4 Å². The van der Waals surface area contributed by atoms with Gasteiger partial charge in [-0.3, -0.25) is 19.6 Å². The van der Waals surface area contributed by atoms with E-state index in [0.717, 1.165) is 64.2 Å². The molecule has 0 saturated heterocycles. The third-order valence-electron chi connectivity index (χ3n) is 9.03. The van der Waals surface area contributed by atoms with Gasteiger partial charge >= 0.3 is 11.9 Å². The third-order valence-corrected chi connectivity index (χ3v) is 9.03. The van der Waals surface area contributed by atoms with Crippen molar-refractivity contribution in [3.63, 3.8) is 0 Å². The van der Waals surface area contributed by atoms with Crippen molar-refractivity contribution in [2.24, 2.45) is 9.98 Å². The second-order valence-corrected chi connectivity index (χ2v) is 13.9. The summed E-state index contributed by atoms with van der Waals surface area (Å²) >= 11 is 0. The van der Waals surface area contributed by atoms with Crippen LogP contribution in [-0.2, 0) is 38.0 Å². The van der Waals surface area contributed by atoms with E-state index in [1.807, 2.05) is 104 Å². The number of ether oxygens (including phenoxy) is 6. The van der Waals surface area contributed by atoms with Crippen molar-refractivity contribution < 1.29 is 38.0 Å². The Labute approximate surface area is 347 Å². The minimum Gasteiger partial charge on any atom is -0.461 e. The number of esters is 2. The van der Waals surface area contributed by atoms with Crippen molar-refractivity contribution in [1.82, 2.24) is 0 Å². The summed E-state index contributed by atoms with van der Waals surface area (Å²) in [7, 11) is 0. The average Bonchev–Trinajstić information content (AvgIpc) is 3.96. The molecule has 0 N–H and O–H groups in total. The van der Waals surface area contributed by atoms with Gasteiger partial charge in [0, 0.05) is 50.5 Å². The summed E-state index contributed by atoms with van der Waals surface area (Å²) in [6, 6.07) is 0. The molecule has 2 unspecified atom stereocenters. The van der Waals surface area contributed by atoms with Gasteiger partial charge in [-0.15, -0.1) is 0 Å². The SMILES string of the molecule is O=C1CCC=CCC=CCOCC(CCC2=CN=CC2)OCC=CCC=CCCC(=O)OCC=CCC=CCOC(CCC2=CN=CC2)COCC=CCC=CCO1. The Morgan fingerprint density at radius 2 is 0.845 bits per heavy atom. The number of hydrogen-bond donors (Lipinski definition) is 0. The quantitative estimate of drug-likeness (QED) is 0.193. The predicted octanol–water partition coefficient (Wildman–Crippen LogP) is 9.74. The molecular weight excluding hydrogens is 733 g/mol.